The molecule has 0 spiro atoms. The average molecular weight is 485 g/mol. The van der Waals surface area contributed by atoms with E-state index in [0.717, 1.165) is 16.8 Å². The minimum absolute atomic E-state index is 0.0151. The van der Waals surface area contributed by atoms with Crippen LogP contribution in [0.4, 0.5) is 17.2 Å². The standard InChI is InChI=1S/C27H28N6O3/c1-16-31-32-25(36-16)20-14-28-24(13-22(20)30-23(15-34)17-8-6-5-7-9-17)29-18-10-11-19-21(12-18)27(2,3)33(4)26(19)35/h5-14,23,34H,15H2,1-4H3,(H2,28,29,30)/t23-/m1/s1. The van der Waals surface area contributed by atoms with Crippen molar-refractivity contribution in [1.29, 1.82) is 0 Å². The highest BCUT2D eigenvalue weighted by atomic mass is 16.4. The van der Waals surface area contributed by atoms with Gasteiger partial charge in [0.15, 0.2) is 0 Å². The average Bonchev–Trinajstić information content (AvgIpc) is 3.38. The zero-order chi connectivity index (χ0) is 25.4. The van der Waals surface area contributed by atoms with Crippen molar-refractivity contribution in [2.75, 3.05) is 24.3 Å². The third kappa shape index (κ3) is 4.18. The van der Waals surface area contributed by atoms with E-state index in [2.05, 4.69) is 25.8 Å². The molecule has 2 aromatic heterocycles. The number of hydrogen-bond acceptors (Lipinski definition) is 8. The van der Waals surface area contributed by atoms with E-state index < -0.39 is 5.54 Å². The Labute approximate surface area is 209 Å². The molecular formula is C27H28N6O3. The van der Waals surface area contributed by atoms with E-state index in [1.54, 1.807) is 18.0 Å². The van der Waals surface area contributed by atoms with Gasteiger partial charge in [-0.05, 0) is 43.2 Å². The van der Waals surface area contributed by atoms with Gasteiger partial charge in [-0.1, -0.05) is 30.3 Å². The second-order valence-corrected chi connectivity index (χ2v) is 9.34. The number of hydrogen-bond donors (Lipinski definition) is 3. The van der Waals surface area contributed by atoms with Gasteiger partial charge in [0.25, 0.3) is 11.8 Å². The first-order valence-electron chi connectivity index (χ1n) is 11.7. The van der Waals surface area contributed by atoms with Crippen molar-refractivity contribution in [3.05, 3.63) is 83.4 Å². The number of anilines is 3. The van der Waals surface area contributed by atoms with Crippen molar-refractivity contribution < 1.29 is 14.3 Å². The summed E-state index contributed by atoms with van der Waals surface area (Å²) in [6.45, 7) is 5.67. The first-order chi connectivity index (χ1) is 17.3. The molecule has 0 radical (unpaired) electrons. The predicted octanol–water partition coefficient (Wildman–Crippen LogP) is 4.65. The molecule has 0 bridgehead atoms. The van der Waals surface area contributed by atoms with Crippen molar-refractivity contribution in [3.63, 3.8) is 0 Å². The summed E-state index contributed by atoms with van der Waals surface area (Å²) in [5.74, 6) is 1.37. The molecule has 0 aliphatic carbocycles. The fourth-order valence-corrected chi connectivity index (χ4v) is 4.40. The summed E-state index contributed by atoms with van der Waals surface area (Å²) in [7, 11) is 1.82. The Kier molecular flexibility index (Phi) is 5.93. The maximum atomic E-state index is 12.6. The molecule has 1 atom stereocenters. The summed E-state index contributed by atoms with van der Waals surface area (Å²) < 4.78 is 5.66. The predicted molar refractivity (Wildman–Crippen MR) is 137 cm³/mol. The number of aliphatic hydroxyl groups is 1. The van der Waals surface area contributed by atoms with Crippen LogP contribution in [0.3, 0.4) is 0 Å². The normalized spacial score (nSPS) is 15.0. The lowest BCUT2D eigenvalue weighted by Crippen LogP contribution is -2.35. The second kappa shape index (κ2) is 9.09. The van der Waals surface area contributed by atoms with Crippen molar-refractivity contribution in [1.82, 2.24) is 20.1 Å². The fraction of sp³-hybridized carbons (Fsp3) is 0.259. The molecule has 9 nitrogen and oxygen atoms in total. The van der Waals surface area contributed by atoms with Gasteiger partial charge >= 0.3 is 0 Å². The quantitative estimate of drug-likeness (QED) is 0.347. The van der Waals surface area contributed by atoms with Crippen molar-refractivity contribution in [2.24, 2.45) is 0 Å². The highest BCUT2D eigenvalue weighted by Crippen LogP contribution is 2.39. The number of aromatic nitrogens is 3. The number of carbonyl (C=O) groups is 1. The van der Waals surface area contributed by atoms with Crippen LogP contribution >= 0.6 is 0 Å². The molecule has 0 saturated carbocycles. The molecular weight excluding hydrogens is 456 g/mol. The number of carbonyl (C=O) groups excluding carboxylic acids is 1. The van der Waals surface area contributed by atoms with E-state index in [-0.39, 0.29) is 18.6 Å². The highest BCUT2D eigenvalue weighted by molar-refractivity contribution is 6.00. The van der Waals surface area contributed by atoms with Gasteiger partial charge in [-0.3, -0.25) is 4.79 Å². The summed E-state index contributed by atoms with van der Waals surface area (Å²) in [5, 5.41) is 25.0. The van der Waals surface area contributed by atoms with Gasteiger partial charge in [0, 0.05) is 37.5 Å². The molecule has 2 aromatic carbocycles. The lowest BCUT2D eigenvalue weighted by molar-refractivity contribution is 0.0691. The van der Waals surface area contributed by atoms with Gasteiger partial charge in [-0.25, -0.2) is 4.98 Å². The van der Waals surface area contributed by atoms with Crippen LogP contribution in [0.1, 0.15) is 47.3 Å². The Morgan fingerprint density at radius 2 is 1.86 bits per heavy atom. The van der Waals surface area contributed by atoms with Gasteiger partial charge in [-0.2, -0.15) is 0 Å². The smallest absolute Gasteiger partial charge is 0.254 e. The Morgan fingerprint density at radius 1 is 1.08 bits per heavy atom. The molecule has 3 heterocycles. The summed E-state index contributed by atoms with van der Waals surface area (Å²) in [6.07, 6.45) is 1.66. The van der Waals surface area contributed by atoms with Crippen LogP contribution in [0.2, 0.25) is 0 Å². The van der Waals surface area contributed by atoms with E-state index in [4.69, 9.17) is 4.42 Å². The lowest BCUT2D eigenvalue weighted by atomic mass is 9.93. The van der Waals surface area contributed by atoms with E-state index in [0.29, 0.717) is 34.4 Å². The summed E-state index contributed by atoms with van der Waals surface area (Å²) in [6, 6.07) is 16.9. The zero-order valence-corrected chi connectivity index (χ0v) is 20.6. The molecule has 184 valence electrons. The van der Waals surface area contributed by atoms with Crippen LogP contribution in [0.15, 0.2) is 65.2 Å². The van der Waals surface area contributed by atoms with Crippen molar-refractivity contribution in [2.45, 2.75) is 32.4 Å². The molecule has 5 rings (SSSR count). The van der Waals surface area contributed by atoms with Crippen LogP contribution in [0.5, 0.6) is 0 Å². The molecule has 0 saturated heterocycles. The molecule has 1 aliphatic heterocycles. The van der Waals surface area contributed by atoms with Crippen LogP contribution in [-0.2, 0) is 5.54 Å². The van der Waals surface area contributed by atoms with Gasteiger partial charge in [0.05, 0.1) is 29.4 Å². The van der Waals surface area contributed by atoms with Crippen LogP contribution in [-0.4, -0.2) is 44.7 Å². The minimum atomic E-state index is -0.409. The molecule has 0 fully saturated rings. The Bertz CT molecular complexity index is 1420. The number of aryl methyl sites for hydroxylation is 1. The summed E-state index contributed by atoms with van der Waals surface area (Å²) >= 11 is 0. The van der Waals surface area contributed by atoms with Gasteiger partial charge in [-0.15, -0.1) is 10.2 Å². The van der Waals surface area contributed by atoms with Crippen molar-refractivity contribution >= 4 is 23.1 Å². The first kappa shape index (κ1) is 23.5. The molecule has 1 aliphatic rings. The molecule has 1 amide bonds. The number of aliphatic hydroxyl groups excluding tert-OH is 1. The second-order valence-electron chi connectivity index (χ2n) is 9.34. The van der Waals surface area contributed by atoms with Gasteiger partial charge < -0.3 is 25.1 Å². The summed E-state index contributed by atoms with van der Waals surface area (Å²) in [5.41, 5.74) is 4.31. The number of fused-ring (bicyclic) bond motifs is 1. The number of nitrogens with zero attached hydrogens (tertiary/aromatic N) is 4. The maximum Gasteiger partial charge on any atom is 0.254 e. The Balaban J connectivity index is 1.50. The highest BCUT2D eigenvalue weighted by Gasteiger charge is 2.40. The number of rotatable bonds is 7. The lowest BCUT2D eigenvalue weighted by Gasteiger charge is -2.28. The third-order valence-electron chi connectivity index (χ3n) is 6.70. The molecule has 3 N–H and O–H groups in total. The number of pyridine rings is 1. The van der Waals surface area contributed by atoms with Crippen LogP contribution < -0.4 is 10.6 Å². The van der Waals surface area contributed by atoms with E-state index in [1.165, 1.54) is 0 Å². The number of amides is 1. The topological polar surface area (TPSA) is 116 Å². The molecule has 0 unspecified atom stereocenters. The number of nitrogens with one attached hydrogen (secondary N) is 2. The van der Waals surface area contributed by atoms with Crippen LogP contribution in [0, 0.1) is 6.92 Å². The Hall–Kier alpha value is -4.24. The molecule has 9 heteroatoms. The first-order valence-corrected chi connectivity index (χ1v) is 11.7. The third-order valence-corrected chi connectivity index (χ3v) is 6.70. The maximum absolute atomic E-state index is 12.6. The summed E-state index contributed by atoms with van der Waals surface area (Å²) in [4.78, 5) is 18.9. The van der Waals surface area contributed by atoms with Crippen LogP contribution in [0.25, 0.3) is 11.5 Å². The molecule has 36 heavy (non-hydrogen) atoms. The van der Waals surface area contributed by atoms with E-state index in [9.17, 15) is 9.90 Å². The Morgan fingerprint density at radius 3 is 2.56 bits per heavy atom. The minimum Gasteiger partial charge on any atom is -0.421 e. The van der Waals surface area contributed by atoms with Gasteiger partial charge in [0.2, 0.25) is 5.89 Å². The zero-order valence-electron chi connectivity index (χ0n) is 20.6. The monoisotopic (exact) mass is 484 g/mol. The van der Waals surface area contributed by atoms with E-state index in [1.807, 2.05) is 75.5 Å². The van der Waals surface area contributed by atoms with Gasteiger partial charge in [0.1, 0.15) is 5.82 Å². The SMILES string of the molecule is Cc1nnc(-c2cnc(Nc3ccc4c(c3)C(C)(C)N(C)C4=O)cc2N[C@H](CO)c2ccccc2)o1. The number of benzene rings is 2. The van der Waals surface area contributed by atoms with E-state index >= 15 is 0 Å². The fourth-order valence-electron chi connectivity index (χ4n) is 4.40. The molecule has 4 aromatic rings. The largest absolute Gasteiger partial charge is 0.421 e. The van der Waals surface area contributed by atoms with Crippen molar-refractivity contribution in [3.8, 4) is 11.5 Å².